The molecule has 2 aromatic heterocycles. The van der Waals surface area contributed by atoms with Gasteiger partial charge in [-0.2, -0.15) is 5.10 Å². The van der Waals surface area contributed by atoms with Crippen molar-refractivity contribution < 1.29 is 14.3 Å². The zero-order valence-corrected chi connectivity index (χ0v) is 18.0. The molecule has 0 radical (unpaired) electrons. The van der Waals surface area contributed by atoms with Gasteiger partial charge in [-0.05, 0) is 32.1 Å². The molecule has 0 bridgehead atoms. The maximum absolute atomic E-state index is 12.2. The van der Waals surface area contributed by atoms with Crippen LogP contribution in [0.15, 0.2) is 12.3 Å². The van der Waals surface area contributed by atoms with Crippen molar-refractivity contribution >= 4 is 29.2 Å². The number of thiazole rings is 1. The van der Waals surface area contributed by atoms with E-state index in [1.54, 1.807) is 6.20 Å². The van der Waals surface area contributed by atoms with Crippen molar-refractivity contribution in [2.24, 2.45) is 5.92 Å². The highest BCUT2D eigenvalue weighted by Gasteiger charge is 2.30. The second kappa shape index (κ2) is 9.87. The van der Waals surface area contributed by atoms with Crippen LogP contribution in [0.2, 0.25) is 0 Å². The summed E-state index contributed by atoms with van der Waals surface area (Å²) in [5.74, 6) is 1.08. The lowest BCUT2D eigenvalue weighted by Crippen LogP contribution is -2.31. The Morgan fingerprint density at radius 2 is 2.24 bits per heavy atom. The zero-order valence-electron chi connectivity index (χ0n) is 17.2. The molecular formula is C20H29N5O3S. The first-order valence-electron chi connectivity index (χ1n) is 10.1. The average molecular weight is 420 g/mol. The van der Waals surface area contributed by atoms with Gasteiger partial charge in [0.05, 0.1) is 11.4 Å². The molecule has 1 aliphatic carbocycles. The second-order valence-corrected chi connectivity index (χ2v) is 9.03. The number of carbonyl (C=O) groups is 2. The summed E-state index contributed by atoms with van der Waals surface area (Å²) in [4.78, 5) is 29.2. The molecule has 2 amide bonds. The molecule has 3 atom stereocenters. The van der Waals surface area contributed by atoms with Gasteiger partial charge in [0.1, 0.15) is 6.10 Å². The van der Waals surface area contributed by atoms with Crippen molar-refractivity contribution in [2.45, 2.75) is 64.9 Å². The first-order valence-corrected chi connectivity index (χ1v) is 11.0. The monoisotopic (exact) mass is 419 g/mol. The molecule has 0 aromatic carbocycles. The fourth-order valence-corrected chi connectivity index (χ4v) is 4.16. The van der Waals surface area contributed by atoms with Gasteiger partial charge in [0, 0.05) is 35.3 Å². The van der Waals surface area contributed by atoms with Crippen LogP contribution in [0.1, 0.15) is 61.0 Å². The van der Waals surface area contributed by atoms with Crippen LogP contribution in [0.4, 0.5) is 10.6 Å². The first-order chi connectivity index (χ1) is 13.9. The van der Waals surface area contributed by atoms with E-state index in [1.807, 2.05) is 13.0 Å². The highest BCUT2D eigenvalue weighted by atomic mass is 32.1. The average Bonchev–Trinajstić information content (AvgIpc) is 3.41. The van der Waals surface area contributed by atoms with Crippen LogP contribution in [0.5, 0.6) is 0 Å². The molecule has 29 heavy (non-hydrogen) atoms. The molecule has 3 N–H and O–H groups in total. The smallest absolute Gasteiger partial charge is 0.407 e. The number of anilines is 1. The number of rotatable bonds is 8. The van der Waals surface area contributed by atoms with Crippen molar-refractivity contribution in [3.05, 3.63) is 27.8 Å². The maximum atomic E-state index is 12.2. The number of aromatic nitrogens is 3. The lowest BCUT2D eigenvalue weighted by Gasteiger charge is -2.15. The molecule has 9 heteroatoms. The third-order valence-corrected chi connectivity index (χ3v) is 6.17. The van der Waals surface area contributed by atoms with E-state index in [2.05, 4.69) is 39.7 Å². The number of alkyl carbamates (subject to hydrolysis) is 1. The molecule has 2 aromatic rings. The summed E-state index contributed by atoms with van der Waals surface area (Å²) < 4.78 is 5.54. The van der Waals surface area contributed by atoms with E-state index >= 15 is 0 Å². The lowest BCUT2D eigenvalue weighted by molar-refractivity contribution is -0.115. The van der Waals surface area contributed by atoms with Crippen LogP contribution < -0.4 is 10.6 Å². The summed E-state index contributed by atoms with van der Waals surface area (Å²) in [5.41, 5.74) is 0.958. The van der Waals surface area contributed by atoms with Crippen LogP contribution in [-0.4, -0.2) is 39.8 Å². The Bertz CT molecular complexity index is 834. The predicted octanol–water partition coefficient (Wildman–Crippen LogP) is 3.76. The number of amides is 2. The summed E-state index contributed by atoms with van der Waals surface area (Å²) in [6, 6.07) is 1.87. The van der Waals surface area contributed by atoms with Gasteiger partial charge in [0.25, 0.3) is 0 Å². The van der Waals surface area contributed by atoms with E-state index in [4.69, 9.17) is 4.74 Å². The highest BCUT2D eigenvalue weighted by molar-refractivity contribution is 7.11. The fraction of sp³-hybridized carbons (Fsp3) is 0.600. The van der Waals surface area contributed by atoms with Crippen LogP contribution in [-0.2, 0) is 16.0 Å². The number of hydrogen-bond donors (Lipinski definition) is 3. The summed E-state index contributed by atoms with van der Waals surface area (Å²) in [6.07, 6.45) is 5.11. The molecule has 1 fully saturated rings. The fourth-order valence-electron chi connectivity index (χ4n) is 3.37. The molecular weight excluding hydrogens is 390 g/mol. The molecule has 2 heterocycles. The van der Waals surface area contributed by atoms with Gasteiger partial charge in [-0.15, -0.1) is 11.3 Å². The van der Waals surface area contributed by atoms with Crippen molar-refractivity contribution in [3.63, 3.8) is 0 Å². The van der Waals surface area contributed by atoms with E-state index in [9.17, 15) is 9.59 Å². The summed E-state index contributed by atoms with van der Waals surface area (Å²) in [7, 11) is 0. The van der Waals surface area contributed by atoms with Crippen LogP contribution in [0.25, 0.3) is 0 Å². The molecule has 0 saturated heterocycles. The van der Waals surface area contributed by atoms with E-state index in [0.29, 0.717) is 24.7 Å². The standard InChI is InChI=1S/C20H29N5O3S/c1-4-12(2)10-22-20(27)28-15-6-5-14(7-15)17-9-18(25-24-17)23-19(26)8-16-11-21-13(3)29-16/h9,11-12,14-15H,4-8,10H2,1-3H3,(H,22,27)(H2,23,24,25,26)/t12-,14-,15+/m0/s1. The van der Waals surface area contributed by atoms with Gasteiger partial charge in [-0.25, -0.2) is 9.78 Å². The number of hydrogen-bond acceptors (Lipinski definition) is 6. The number of carbonyl (C=O) groups excluding carboxylic acids is 2. The molecule has 1 aliphatic rings. The van der Waals surface area contributed by atoms with Crippen LogP contribution in [0, 0.1) is 12.8 Å². The highest BCUT2D eigenvalue weighted by Crippen LogP contribution is 2.35. The second-order valence-electron chi connectivity index (χ2n) is 7.71. The Morgan fingerprint density at radius 1 is 1.41 bits per heavy atom. The first kappa shape index (κ1) is 21.3. The summed E-state index contributed by atoms with van der Waals surface area (Å²) >= 11 is 1.52. The number of nitrogens with zero attached hydrogens (tertiary/aromatic N) is 2. The predicted molar refractivity (Wildman–Crippen MR) is 112 cm³/mol. The number of ether oxygens (including phenoxy) is 1. The third-order valence-electron chi connectivity index (χ3n) is 5.26. The molecule has 1 saturated carbocycles. The zero-order chi connectivity index (χ0) is 20.8. The molecule has 0 unspecified atom stereocenters. The lowest BCUT2D eigenvalue weighted by atomic mass is 10.0. The van der Waals surface area contributed by atoms with Crippen molar-refractivity contribution in [1.29, 1.82) is 0 Å². The number of H-pyrrole nitrogens is 1. The Labute approximate surface area is 174 Å². The molecule has 0 spiro atoms. The third kappa shape index (κ3) is 6.28. The van der Waals surface area contributed by atoms with Gasteiger partial charge in [0.2, 0.25) is 5.91 Å². The van der Waals surface area contributed by atoms with Gasteiger partial charge >= 0.3 is 6.09 Å². The van der Waals surface area contributed by atoms with Gasteiger partial charge in [-0.1, -0.05) is 20.3 Å². The normalized spacial score (nSPS) is 19.7. The summed E-state index contributed by atoms with van der Waals surface area (Å²) in [6.45, 7) is 6.75. The van der Waals surface area contributed by atoms with E-state index in [-0.39, 0.29) is 24.0 Å². The Balaban J connectivity index is 1.44. The van der Waals surface area contributed by atoms with Gasteiger partial charge in [-0.3, -0.25) is 9.89 Å². The Morgan fingerprint density at radius 3 is 2.97 bits per heavy atom. The molecule has 3 rings (SSSR count). The topological polar surface area (TPSA) is 109 Å². The van der Waals surface area contributed by atoms with Crippen molar-refractivity contribution in [2.75, 3.05) is 11.9 Å². The van der Waals surface area contributed by atoms with E-state index in [1.165, 1.54) is 11.3 Å². The van der Waals surface area contributed by atoms with Gasteiger partial charge < -0.3 is 15.4 Å². The summed E-state index contributed by atoms with van der Waals surface area (Å²) in [5, 5.41) is 13.8. The number of aryl methyl sites for hydroxylation is 1. The largest absolute Gasteiger partial charge is 0.446 e. The minimum atomic E-state index is -0.341. The Kier molecular flexibility index (Phi) is 7.24. The molecule has 0 aliphatic heterocycles. The molecule has 158 valence electrons. The number of aromatic amines is 1. The SMILES string of the molecule is CC[C@H](C)CNC(=O)O[C@@H]1CC[C@H](c2cc(NC(=O)Cc3cnc(C)s3)n[nH]2)C1. The van der Waals surface area contributed by atoms with Crippen molar-refractivity contribution in [1.82, 2.24) is 20.5 Å². The minimum Gasteiger partial charge on any atom is -0.446 e. The Hall–Kier alpha value is -2.42. The van der Waals surface area contributed by atoms with E-state index in [0.717, 1.165) is 41.3 Å². The van der Waals surface area contributed by atoms with Crippen LogP contribution >= 0.6 is 11.3 Å². The minimum absolute atomic E-state index is 0.0900. The van der Waals surface area contributed by atoms with E-state index < -0.39 is 0 Å². The van der Waals surface area contributed by atoms with Crippen molar-refractivity contribution in [3.8, 4) is 0 Å². The molecule has 8 nitrogen and oxygen atoms in total. The van der Waals surface area contributed by atoms with Crippen LogP contribution in [0.3, 0.4) is 0 Å². The maximum Gasteiger partial charge on any atom is 0.407 e. The number of nitrogens with one attached hydrogen (secondary N) is 3. The quantitative estimate of drug-likeness (QED) is 0.603. The van der Waals surface area contributed by atoms with Gasteiger partial charge in [0.15, 0.2) is 5.82 Å².